The molecular weight excluding hydrogens is 308 g/mol. The van der Waals surface area contributed by atoms with Gasteiger partial charge in [-0.2, -0.15) is 0 Å². The van der Waals surface area contributed by atoms with E-state index in [9.17, 15) is 9.59 Å². The number of benzene rings is 2. The first-order chi connectivity index (χ1) is 11.6. The molecule has 5 nitrogen and oxygen atoms in total. The molecule has 24 heavy (non-hydrogen) atoms. The van der Waals surface area contributed by atoms with E-state index >= 15 is 0 Å². The lowest BCUT2D eigenvalue weighted by molar-refractivity contribution is 0.0415. The number of fused-ring (bicyclic) bond motifs is 1. The van der Waals surface area contributed by atoms with Crippen LogP contribution in [0, 0.1) is 6.92 Å². The summed E-state index contributed by atoms with van der Waals surface area (Å²) in [6.07, 6.45) is 0. The van der Waals surface area contributed by atoms with E-state index < -0.39 is 5.97 Å². The van der Waals surface area contributed by atoms with Gasteiger partial charge in [-0.1, -0.05) is 30.3 Å². The molecule has 0 amide bonds. The van der Waals surface area contributed by atoms with Crippen LogP contribution in [0.2, 0.25) is 0 Å². The summed E-state index contributed by atoms with van der Waals surface area (Å²) in [7, 11) is 0. The maximum absolute atomic E-state index is 12.0. The summed E-state index contributed by atoms with van der Waals surface area (Å²) in [6, 6.07) is 15.5. The molecule has 5 heteroatoms. The van der Waals surface area contributed by atoms with Crippen molar-refractivity contribution >= 4 is 16.9 Å². The topological polar surface area (TPSA) is 65.7 Å². The average Bonchev–Trinajstić information content (AvgIpc) is 2.60. The van der Waals surface area contributed by atoms with E-state index in [2.05, 4.69) is 0 Å². The smallest absolute Gasteiger partial charge is 0.374 e. The van der Waals surface area contributed by atoms with Crippen molar-refractivity contribution in [2.45, 2.75) is 6.92 Å². The predicted octanol–water partition coefficient (Wildman–Crippen LogP) is 3.34. The van der Waals surface area contributed by atoms with Crippen molar-refractivity contribution in [3.05, 3.63) is 76.1 Å². The molecule has 1 heterocycles. The maximum Gasteiger partial charge on any atom is 0.374 e. The molecule has 0 fully saturated rings. The molecule has 2 aromatic carbocycles. The zero-order valence-electron chi connectivity index (χ0n) is 13.2. The fourth-order valence-electron chi connectivity index (χ4n) is 2.28. The fraction of sp³-hybridized carbons (Fsp3) is 0.158. The van der Waals surface area contributed by atoms with Gasteiger partial charge in [0.2, 0.25) is 5.76 Å². The van der Waals surface area contributed by atoms with Crippen molar-refractivity contribution in [3.63, 3.8) is 0 Å². The molecule has 0 aliphatic rings. The number of para-hydroxylation sites is 2. The molecule has 0 N–H and O–H groups in total. The summed E-state index contributed by atoms with van der Waals surface area (Å²) in [5.74, 6) is -0.0633. The minimum absolute atomic E-state index is 0.0592. The first-order valence-corrected chi connectivity index (χ1v) is 7.53. The normalized spacial score (nSPS) is 10.5. The second-order valence-corrected chi connectivity index (χ2v) is 5.22. The molecule has 1 aromatic heterocycles. The van der Waals surface area contributed by atoms with E-state index in [1.165, 1.54) is 0 Å². The third kappa shape index (κ3) is 3.46. The number of carbonyl (C=O) groups excluding carboxylic acids is 1. The van der Waals surface area contributed by atoms with Crippen molar-refractivity contribution in [1.29, 1.82) is 0 Å². The number of carbonyl (C=O) groups is 1. The quantitative estimate of drug-likeness (QED) is 0.532. The van der Waals surface area contributed by atoms with Gasteiger partial charge in [-0.15, -0.1) is 0 Å². The minimum Gasteiger partial charge on any atom is -0.490 e. The second-order valence-electron chi connectivity index (χ2n) is 5.22. The highest BCUT2D eigenvalue weighted by molar-refractivity contribution is 5.88. The van der Waals surface area contributed by atoms with Crippen LogP contribution in [-0.4, -0.2) is 19.2 Å². The highest BCUT2D eigenvalue weighted by Gasteiger charge is 2.13. The predicted molar refractivity (Wildman–Crippen MR) is 89.4 cm³/mol. The van der Waals surface area contributed by atoms with Gasteiger partial charge in [0.05, 0.1) is 5.39 Å². The standard InChI is InChI=1S/C19H16O5/c1-13-6-2-4-8-16(13)22-10-11-23-19(21)18-12-15(20)14-7-3-5-9-17(14)24-18/h2-9,12H,10-11H2,1H3. The van der Waals surface area contributed by atoms with E-state index in [0.717, 1.165) is 17.4 Å². The van der Waals surface area contributed by atoms with Gasteiger partial charge >= 0.3 is 5.97 Å². The first-order valence-electron chi connectivity index (χ1n) is 7.53. The molecule has 122 valence electrons. The SMILES string of the molecule is Cc1ccccc1OCCOC(=O)c1cc(=O)c2ccccc2o1. The Hall–Kier alpha value is -3.08. The monoisotopic (exact) mass is 324 g/mol. The summed E-state index contributed by atoms with van der Waals surface area (Å²) >= 11 is 0. The molecule has 0 saturated carbocycles. The Morgan fingerprint density at radius 1 is 1.04 bits per heavy atom. The lowest BCUT2D eigenvalue weighted by atomic mass is 10.2. The molecule has 0 unspecified atom stereocenters. The molecule has 0 aliphatic carbocycles. The van der Waals surface area contributed by atoms with Crippen LogP contribution in [-0.2, 0) is 4.74 Å². The molecule has 0 saturated heterocycles. The Bertz CT molecular complexity index is 926. The van der Waals surface area contributed by atoms with Gasteiger partial charge < -0.3 is 13.9 Å². The number of hydrogen-bond acceptors (Lipinski definition) is 5. The van der Waals surface area contributed by atoms with Crippen molar-refractivity contribution in [1.82, 2.24) is 0 Å². The van der Waals surface area contributed by atoms with Crippen LogP contribution in [0.4, 0.5) is 0 Å². The van der Waals surface area contributed by atoms with Crippen LogP contribution < -0.4 is 10.2 Å². The Labute approximate surface area is 138 Å². The van der Waals surface area contributed by atoms with Crippen molar-refractivity contribution < 1.29 is 18.7 Å². The minimum atomic E-state index is -0.689. The Kier molecular flexibility index (Phi) is 4.61. The fourth-order valence-corrected chi connectivity index (χ4v) is 2.28. The molecule has 0 spiro atoms. The number of ether oxygens (including phenoxy) is 2. The van der Waals surface area contributed by atoms with Crippen LogP contribution in [0.5, 0.6) is 5.75 Å². The highest BCUT2D eigenvalue weighted by Crippen LogP contribution is 2.16. The van der Waals surface area contributed by atoms with Crippen LogP contribution in [0.1, 0.15) is 16.1 Å². The van der Waals surface area contributed by atoms with Crippen LogP contribution in [0.3, 0.4) is 0 Å². The average molecular weight is 324 g/mol. The van der Waals surface area contributed by atoms with E-state index in [-0.39, 0.29) is 24.4 Å². The third-order valence-corrected chi connectivity index (χ3v) is 3.50. The van der Waals surface area contributed by atoms with E-state index in [1.54, 1.807) is 24.3 Å². The van der Waals surface area contributed by atoms with Gasteiger partial charge in [0.1, 0.15) is 24.5 Å². The highest BCUT2D eigenvalue weighted by atomic mass is 16.6. The molecule has 0 aliphatic heterocycles. The second kappa shape index (κ2) is 7.00. The summed E-state index contributed by atoms with van der Waals surface area (Å²) < 4.78 is 16.1. The van der Waals surface area contributed by atoms with Crippen molar-refractivity contribution in [2.24, 2.45) is 0 Å². The summed E-state index contributed by atoms with van der Waals surface area (Å²) in [6.45, 7) is 2.21. The molecule has 3 aromatic rings. The van der Waals surface area contributed by atoms with Gasteiger partial charge in [0.25, 0.3) is 0 Å². The van der Waals surface area contributed by atoms with Gasteiger partial charge in [-0.3, -0.25) is 4.79 Å². The van der Waals surface area contributed by atoms with Crippen LogP contribution >= 0.6 is 0 Å². The number of hydrogen-bond donors (Lipinski definition) is 0. The van der Waals surface area contributed by atoms with E-state index in [1.807, 2.05) is 31.2 Å². The van der Waals surface area contributed by atoms with Gasteiger partial charge in [0, 0.05) is 6.07 Å². The van der Waals surface area contributed by atoms with Gasteiger partial charge in [-0.05, 0) is 30.7 Å². The summed E-state index contributed by atoms with van der Waals surface area (Å²) in [5.41, 5.74) is 1.08. The largest absolute Gasteiger partial charge is 0.490 e. The summed E-state index contributed by atoms with van der Waals surface area (Å²) in [5, 5.41) is 0.428. The lowest BCUT2D eigenvalue weighted by Gasteiger charge is -2.09. The first kappa shape index (κ1) is 15.8. The van der Waals surface area contributed by atoms with Crippen LogP contribution in [0.25, 0.3) is 11.0 Å². The Morgan fingerprint density at radius 2 is 1.79 bits per heavy atom. The number of esters is 1. The molecule has 0 bridgehead atoms. The van der Waals surface area contributed by atoms with Gasteiger partial charge in [0.15, 0.2) is 5.43 Å². The molecule has 0 atom stereocenters. The van der Waals surface area contributed by atoms with E-state index in [4.69, 9.17) is 13.9 Å². The molecule has 3 rings (SSSR count). The number of rotatable bonds is 5. The molecular formula is C19H16O5. The van der Waals surface area contributed by atoms with Crippen molar-refractivity contribution in [2.75, 3.05) is 13.2 Å². The maximum atomic E-state index is 12.0. The molecule has 0 radical (unpaired) electrons. The zero-order valence-corrected chi connectivity index (χ0v) is 13.2. The number of aryl methyl sites for hydroxylation is 1. The third-order valence-electron chi connectivity index (χ3n) is 3.50. The van der Waals surface area contributed by atoms with Crippen LogP contribution in [0.15, 0.2) is 63.8 Å². The van der Waals surface area contributed by atoms with E-state index in [0.29, 0.717) is 11.0 Å². The Morgan fingerprint density at radius 3 is 2.62 bits per heavy atom. The Balaban J connectivity index is 1.61. The van der Waals surface area contributed by atoms with Crippen molar-refractivity contribution in [3.8, 4) is 5.75 Å². The zero-order chi connectivity index (χ0) is 16.9. The van der Waals surface area contributed by atoms with Gasteiger partial charge in [-0.25, -0.2) is 4.79 Å². The lowest BCUT2D eigenvalue weighted by Crippen LogP contribution is -2.14. The summed E-state index contributed by atoms with van der Waals surface area (Å²) in [4.78, 5) is 24.0.